The van der Waals surface area contributed by atoms with Crippen molar-refractivity contribution in [3.8, 4) is 11.5 Å². The van der Waals surface area contributed by atoms with Crippen molar-refractivity contribution in [2.45, 2.75) is 50.6 Å². The molecule has 0 aromatic heterocycles. The molecule has 0 unspecified atom stereocenters. The molecule has 1 aliphatic heterocycles. The van der Waals surface area contributed by atoms with Crippen LogP contribution in [0.4, 0.5) is 0 Å². The fourth-order valence-corrected chi connectivity index (χ4v) is 4.80. The maximum absolute atomic E-state index is 13.4. The molecular weight excluding hydrogens is 560 g/mol. The SMILES string of the molecule is O=C1C[C@@H](C(=O)NCCOc2ccccc2)NC(=O)c2ccccc2OCCCCCCNC(=O)[C@H](Cc2ccccc2)N1. The van der Waals surface area contributed by atoms with Crippen LogP contribution in [0.15, 0.2) is 84.9 Å². The summed E-state index contributed by atoms with van der Waals surface area (Å²) in [6, 6.07) is 23.3. The van der Waals surface area contributed by atoms with Gasteiger partial charge in [0, 0.05) is 13.0 Å². The minimum atomic E-state index is -1.22. The van der Waals surface area contributed by atoms with Gasteiger partial charge in [-0.2, -0.15) is 0 Å². The zero-order valence-corrected chi connectivity index (χ0v) is 24.8. The van der Waals surface area contributed by atoms with Crippen LogP contribution in [0, 0.1) is 0 Å². The molecule has 0 bridgehead atoms. The van der Waals surface area contributed by atoms with Gasteiger partial charge in [0.2, 0.25) is 17.7 Å². The number of hydrogen-bond donors (Lipinski definition) is 4. The monoisotopic (exact) mass is 600 g/mol. The van der Waals surface area contributed by atoms with E-state index in [9.17, 15) is 19.2 Å². The first-order valence-electron chi connectivity index (χ1n) is 15.1. The molecule has 10 nitrogen and oxygen atoms in total. The Kier molecular flexibility index (Phi) is 12.6. The highest BCUT2D eigenvalue weighted by atomic mass is 16.5. The minimum Gasteiger partial charge on any atom is -0.493 e. The second kappa shape index (κ2) is 17.3. The molecule has 4 N–H and O–H groups in total. The molecule has 232 valence electrons. The lowest BCUT2D eigenvalue weighted by Crippen LogP contribution is -2.53. The van der Waals surface area contributed by atoms with Crippen LogP contribution in [-0.4, -0.2) is 62.0 Å². The fourth-order valence-electron chi connectivity index (χ4n) is 4.80. The van der Waals surface area contributed by atoms with Gasteiger partial charge in [0.1, 0.15) is 30.2 Å². The highest BCUT2D eigenvalue weighted by Crippen LogP contribution is 2.19. The molecule has 0 saturated heterocycles. The lowest BCUT2D eigenvalue weighted by Gasteiger charge is -2.22. The van der Waals surface area contributed by atoms with E-state index < -0.39 is 29.8 Å². The standard InChI is InChI=1S/C34H40N4O6/c39-31-24-29(34(42)36-20-22-43-26-15-7-4-8-16-26)38-32(40)27-17-9-10-18-30(27)44-21-12-2-1-11-19-35-33(41)28(37-31)23-25-13-5-3-6-14-25/h3-10,13-18,28-29H,1-2,11-12,19-24H2,(H,35,41)(H,36,42)(H,37,39)(H,38,40)/t28-,29-/m0/s1. The number of amides is 4. The van der Waals surface area contributed by atoms with Crippen LogP contribution < -0.4 is 30.7 Å². The van der Waals surface area contributed by atoms with E-state index in [0.29, 0.717) is 24.7 Å². The first kappa shape index (κ1) is 32.1. The Hall–Kier alpha value is -4.86. The fraction of sp³-hybridized carbons (Fsp3) is 0.353. The number of para-hydroxylation sites is 2. The van der Waals surface area contributed by atoms with Gasteiger partial charge < -0.3 is 30.7 Å². The zero-order valence-electron chi connectivity index (χ0n) is 24.8. The molecule has 10 heteroatoms. The van der Waals surface area contributed by atoms with Crippen molar-refractivity contribution < 1.29 is 28.7 Å². The molecule has 4 rings (SSSR count). The van der Waals surface area contributed by atoms with Gasteiger partial charge >= 0.3 is 0 Å². The van der Waals surface area contributed by atoms with Crippen molar-refractivity contribution >= 4 is 23.6 Å². The van der Waals surface area contributed by atoms with E-state index in [0.717, 1.165) is 31.2 Å². The number of carbonyl (C=O) groups is 4. The summed E-state index contributed by atoms with van der Waals surface area (Å²) in [5.74, 6) is -0.890. The summed E-state index contributed by atoms with van der Waals surface area (Å²) in [5, 5.41) is 11.2. The van der Waals surface area contributed by atoms with Gasteiger partial charge in [-0.05, 0) is 42.7 Å². The molecule has 0 aliphatic carbocycles. The van der Waals surface area contributed by atoms with Crippen LogP contribution in [0.2, 0.25) is 0 Å². The molecule has 3 aromatic carbocycles. The van der Waals surface area contributed by atoms with Crippen molar-refractivity contribution in [2.24, 2.45) is 0 Å². The lowest BCUT2D eigenvalue weighted by molar-refractivity contribution is -0.131. The largest absolute Gasteiger partial charge is 0.493 e. The maximum Gasteiger partial charge on any atom is 0.255 e. The summed E-state index contributed by atoms with van der Waals surface area (Å²) >= 11 is 0. The van der Waals surface area contributed by atoms with Gasteiger partial charge in [0.05, 0.1) is 25.1 Å². The Morgan fingerprint density at radius 1 is 0.841 bits per heavy atom. The summed E-state index contributed by atoms with van der Waals surface area (Å²) in [5.41, 5.74) is 1.15. The number of carbonyl (C=O) groups excluding carboxylic acids is 4. The number of fused-ring (bicyclic) bond motifs is 1. The van der Waals surface area contributed by atoms with Gasteiger partial charge in [-0.15, -0.1) is 0 Å². The molecule has 0 fully saturated rings. The van der Waals surface area contributed by atoms with Crippen molar-refractivity contribution in [1.82, 2.24) is 21.3 Å². The summed E-state index contributed by atoms with van der Waals surface area (Å²) in [6.45, 7) is 1.25. The van der Waals surface area contributed by atoms with E-state index in [1.165, 1.54) is 0 Å². The van der Waals surface area contributed by atoms with Crippen molar-refractivity contribution in [3.05, 3.63) is 96.1 Å². The number of nitrogens with one attached hydrogen (secondary N) is 4. The normalized spacial score (nSPS) is 18.6. The van der Waals surface area contributed by atoms with Crippen LogP contribution in [0.5, 0.6) is 11.5 Å². The van der Waals surface area contributed by atoms with Crippen molar-refractivity contribution in [2.75, 3.05) is 26.3 Å². The maximum atomic E-state index is 13.4. The molecular formula is C34H40N4O6. The molecule has 44 heavy (non-hydrogen) atoms. The van der Waals surface area contributed by atoms with Crippen LogP contribution in [0.1, 0.15) is 48.0 Å². The van der Waals surface area contributed by atoms with Gasteiger partial charge in [0.15, 0.2) is 0 Å². The second-order valence-corrected chi connectivity index (χ2v) is 10.5. The molecule has 0 spiro atoms. The summed E-state index contributed by atoms with van der Waals surface area (Å²) in [4.78, 5) is 53.2. The predicted molar refractivity (Wildman–Crippen MR) is 166 cm³/mol. The average Bonchev–Trinajstić information content (AvgIpc) is 3.04. The van der Waals surface area contributed by atoms with E-state index in [1.54, 1.807) is 36.4 Å². The van der Waals surface area contributed by atoms with Crippen LogP contribution >= 0.6 is 0 Å². The second-order valence-electron chi connectivity index (χ2n) is 10.5. The Labute approximate surface area is 257 Å². The third-order valence-electron chi connectivity index (χ3n) is 7.12. The summed E-state index contributed by atoms with van der Waals surface area (Å²) < 4.78 is 11.6. The Bertz CT molecular complexity index is 1370. The molecule has 2 atom stereocenters. The van der Waals surface area contributed by atoms with E-state index >= 15 is 0 Å². The zero-order chi connectivity index (χ0) is 31.0. The Morgan fingerprint density at radius 2 is 1.55 bits per heavy atom. The first-order valence-corrected chi connectivity index (χ1v) is 15.1. The topological polar surface area (TPSA) is 135 Å². The smallest absolute Gasteiger partial charge is 0.255 e. The Morgan fingerprint density at radius 3 is 2.34 bits per heavy atom. The van der Waals surface area contributed by atoms with E-state index in [-0.39, 0.29) is 37.5 Å². The van der Waals surface area contributed by atoms with Crippen LogP contribution in [0.3, 0.4) is 0 Å². The quantitative estimate of drug-likeness (QED) is 0.308. The highest BCUT2D eigenvalue weighted by molar-refractivity contribution is 6.01. The summed E-state index contributed by atoms with van der Waals surface area (Å²) in [7, 11) is 0. The van der Waals surface area contributed by atoms with Gasteiger partial charge in [0.25, 0.3) is 5.91 Å². The van der Waals surface area contributed by atoms with Crippen molar-refractivity contribution in [3.63, 3.8) is 0 Å². The van der Waals surface area contributed by atoms with E-state index in [2.05, 4.69) is 21.3 Å². The first-order chi connectivity index (χ1) is 21.5. The third kappa shape index (κ3) is 10.4. The van der Waals surface area contributed by atoms with Crippen LogP contribution in [0.25, 0.3) is 0 Å². The molecule has 4 amide bonds. The lowest BCUT2D eigenvalue weighted by atomic mass is 10.0. The van der Waals surface area contributed by atoms with E-state index in [4.69, 9.17) is 9.47 Å². The molecule has 3 aromatic rings. The average molecular weight is 601 g/mol. The van der Waals surface area contributed by atoms with Crippen molar-refractivity contribution in [1.29, 1.82) is 0 Å². The Balaban J connectivity index is 1.50. The van der Waals surface area contributed by atoms with Gasteiger partial charge in [-0.3, -0.25) is 19.2 Å². The number of rotatable bonds is 7. The predicted octanol–water partition coefficient (Wildman–Crippen LogP) is 3.17. The summed E-state index contributed by atoms with van der Waals surface area (Å²) in [6.07, 6.45) is 3.26. The highest BCUT2D eigenvalue weighted by Gasteiger charge is 2.28. The van der Waals surface area contributed by atoms with Gasteiger partial charge in [-0.25, -0.2) is 0 Å². The molecule has 0 radical (unpaired) electrons. The third-order valence-corrected chi connectivity index (χ3v) is 7.12. The van der Waals surface area contributed by atoms with Gasteiger partial charge in [-0.1, -0.05) is 73.5 Å². The van der Waals surface area contributed by atoms with E-state index in [1.807, 2.05) is 48.5 Å². The molecule has 0 saturated carbocycles. The molecule has 1 aliphatic rings. The number of hydrogen-bond acceptors (Lipinski definition) is 6. The molecule has 1 heterocycles. The number of benzene rings is 3. The number of ether oxygens (including phenoxy) is 2. The minimum absolute atomic E-state index is 0.153. The van der Waals surface area contributed by atoms with Crippen LogP contribution in [-0.2, 0) is 20.8 Å².